The van der Waals surface area contributed by atoms with E-state index in [1.807, 2.05) is 0 Å². The van der Waals surface area contributed by atoms with Crippen LogP contribution in [0.3, 0.4) is 0 Å². The van der Waals surface area contributed by atoms with E-state index in [0.717, 1.165) is 19.7 Å². The van der Waals surface area contributed by atoms with Crippen molar-refractivity contribution in [2.45, 2.75) is 38.2 Å². The Labute approximate surface area is 110 Å². The topological polar surface area (TPSA) is 21.3 Å². The third-order valence-corrected chi connectivity index (χ3v) is 4.71. The van der Waals surface area contributed by atoms with E-state index >= 15 is 0 Å². The number of hydrogen-bond donors (Lipinski definition) is 1. The van der Waals surface area contributed by atoms with Crippen LogP contribution in [0.1, 0.15) is 38.2 Å². The molecule has 1 spiro atoms. The summed E-state index contributed by atoms with van der Waals surface area (Å²) in [5.41, 5.74) is 1.52. The third kappa shape index (κ3) is 2.19. The summed E-state index contributed by atoms with van der Waals surface area (Å²) in [6.45, 7) is 5.16. The molecule has 1 saturated carbocycles. The van der Waals surface area contributed by atoms with E-state index in [1.165, 1.54) is 31.2 Å². The minimum absolute atomic E-state index is 0.173. The smallest absolute Gasteiger partial charge is 0.103 e. The van der Waals surface area contributed by atoms with Gasteiger partial charge in [-0.1, -0.05) is 43.2 Å². The Bertz CT molecular complexity index is 397. The highest BCUT2D eigenvalue weighted by Crippen LogP contribution is 2.41. The van der Waals surface area contributed by atoms with Crippen molar-refractivity contribution in [3.8, 4) is 0 Å². The Morgan fingerprint density at radius 1 is 1.06 bits per heavy atom. The van der Waals surface area contributed by atoms with Crippen molar-refractivity contribution in [3.63, 3.8) is 0 Å². The van der Waals surface area contributed by atoms with Crippen molar-refractivity contribution in [2.75, 3.05) is 19.7 Å². The highest BCUT2D eigenvalue weighted by atomic mass is 16.5. The molecule has 2 fully saturated rings. The Balaban J connectivity index is 1.79. The Morgan fingerprint density at radius 3 is 2.50 bits per heavy atom. The molecule has 2 nitrogen and oxygen atoms in total. The summed E-state index contributed by atoms with van der Waals surface area (Å²) in [6.07, 6.45) is 5.38. The average Bonchev–Trinajstić information content (AvgIpc) is 2.79. The second-order valence-corrected chi connectivity index (χ2v) is 6.20. The molecule has 1 aliphatic carbocycles. The normalized spacial score (nSPS) is 31.4. The van der Waals surface area contributed by atoms with E-state index in [9.17, 15) is 0 Å². The van der Waals surface area contributed by atoms with Gasteiger partial charge in [-0.25, -0.2) is 0 Å². The molecular formula is C16H23NO. The maximum Gasteiger partial charge on any atom is 0.103 e. The van der Waals surface area contributed by atoms with Crippen LogP contribution >= 0.6 is 0 Å². The van der Waals surface area contributed by atoms with Crippen LogP contribution in [0.4, 0.5) is 0 Å². The second kappa shape index (κ2) is 4.67. The maximum absolute atomic E-state index is 6.35. The van der Waals surface area contributed by atoms with E-state index < -0.39 is 0 Å². The summed E-state index contributed by atoms with van der Waals surface area (Å²) in [5.74, 6) is 0. The first-order valence-electron chi connectivity index (χ1n) is 7.13. The standard InChI is InChI=1S/C16H23NO/c1-15(14-7-3-2-4-8-14)11-17-12-16(13-18-15)9-5-6-10-16/h2-4,7-8,17H,5-6,9-13H2,1H3. The SMILES string of the molecule is CC1(c2ccccc2)CNCC2(CCCC2)CO1. The van der Waals surface area contributed by atoms with Crippen molar-refractivity contribution in [3.05, 3.63) is 35.9 Å². The van der Waals surface area contributed by atoms with Gasteiger partial charge < -0.3 is 10.1 Å². The van der Waals surface area contributed by atoms with Crippen LogP contribution < -0.4 is 5.32 Å². The quantitative estimate of drug-likeness (QED) is 0.821. The van der Waals surface area contributed by atoms with Gasteiger partial charge in [-0.2, -0.15) is 0 Å². The number of hydrogen-bond acceptors (Lipinski definition) is 2. The molecule has 1 N–H and O–H groups in total. The fourth-order valence-electron chi connectivity index (χ4n) is 3.40. The van der Waals surface area contributed by atoms with E-state index in [-0.39, 0.29) is 5.60 Å². The molecule has 1 saturated heterocycles. The molecule has 1 atom stereocenters. The molecule has 3 rings (SSSR count). The van der Waals surface area contributed by atoms with Gasteiger partial charge in [0.15, 0.2) is 0 Å². The first kappa shape index (κ1) is 12.2. The van der Waals surface area contributed by atoms with Crippen molar-refractivity contribution in [1.29, 1.82) is 0 Å². The number of benzene rings is 1. The molecule has 98 valence electrons. The molecule has 0 radical (unpaired) electrons. The van der Waals surface area contributed by atoms with Crippen LogP contribution in [-0.2, 0) is 10.3 Å². The van der Waals surface area contributed by atoms with Gasteiger partial charge in [0.25, 0.3) is 0 Å². The monoisotopic (exact) mass is 245 g/mol. The summed E-state index contributed by atoms with van der Waals surface area (Å²) >= 11 is 0. The minimum Gasteiger partial charge on any atom is -0.369 e. The largest absolute Gasteiger partial charge is 0.369 e. The molecule has 0 amide bonds. The van der Waals surface area contributed by atoms with Crippen LogP contribution in [0, 0.1) is 5.41 Å². The molecular weight excluding hydrogens is 222 g/mol. The molecule has 1 aliphatic heterocycles. The van der Waals surface area contributed by atoms with Gasteiger partial charge >= 0.3 is 0 Å². The highest BCUT2D eigenvalue weighted by molar-refractivity contribution is 5.22. The van der Waals surface area contributed by atoms with Crippen LogP contribution in [0.25, 0.3) is 0 Å². The van der Waals surface area contributed by atoms with Gasteiger partial charge in [0.05, 0.1) is 6.61 Å². The first-order valence-corrected chi connectivity index (χ1v) is 7.13. The van der Waals surface area contributed by atoms with Gasteiger partial charge in [0.2, 0.25) is 0 Å². The summed E-state index contributed by atoms with van der Waals surface area (Å²) in [7, 11) is 0. The van der Waals surface area contributed by atoms with Crippen molar-refractivity contribution >= 4 is 0 Å². The van der Waals surface area contributed by atoms with E-state index in [0.29, 0.717) is 5.41 Å². The number of ether oxygens (including phenoxy) is 1. The van der Waals surface area contributed by atoms with E-state index in [2.05, 4.69) is 42.6 Å². The third-order valence-electron chi connectivity index (χ3n) is 4.71. The van der Waals surface area contributed by atoms with Crippen LogP contribution in [0.2, 0.25) is 0 Å². The van der Waals surface area contributed by atoms with Gasteiger partial charge in [0, 0.05) is 18.5 Å². The lowest BCUT2D eigenvalue weighted by atomic mass is 9.87. The molecule has 1 aromatic rings. The van der Waals surface area contributed by atoms with Crippen LogP contribution in [0.15, 0.2) is 30.3 Å². The molecule has 18 heavy (non-hydrogen) atoms. The zero-order valence-corrected chi connectivity index (χ0v) is 11.2. The van der Waals surface area contributed by atoms with Crippen LogP contribution in [0.5, 0.6) is 0 Å². The molecule has 1 heterocycles. The summed E-state index contributed by atoms with van der Waals surface area (Å²) in [5, 5.41) is 3.64. The Hall–Kier alpha value is -0.860. The fourth-order valence-corrected chi connectivity index (χ4v) is 3.40. The summed E-state index contributed by atoms with van der Waals surface area (Å²) < 4.78 is 6.35. The summed E-state index contributed by atoms with van der Waals surface area (Å²) in [4.78, 5) is 0. The molecule has 1 aromatic carbocycles. The number of rotatable bonds is 1. The van der Waals surface area contributed by atoms with Crippen molar-refractivity contribution in [2.24, 2.45) is 5.41 Å². The van der Waals surface area contributed by atoms with Gasteiger partial charge in [-0.3, -0.25) is 0 Å². The molecule has 1 unspecified atom stereocenters. The Kier molecular flexibility index (Phi) is 3.16. The van der Waals surface area contributed by atoms with Crippen molar-refractivity contribution < 1.29 is 4.74 Å². The highest BCUT2D eigenvalue weighted by Gasteiger charge is 2.40. The van der Waals surface area contributed by atoms with E-state index in [4.69, 9.17) is 4.74 Å². The molecule has 0 bridgehead atoms. The molecule has 2 heteroatoms. The number of nitrogens with one attached hydrogen (secondary N) is 1. The lowest BCUT2D eigenvalue weighted by Gasteiger charge is -2.31. The maximum atomic E-state index is 6.35. The fraction of sp³-hybridized carbons (Fsp3) is 0.625. The van der Waals surface area contributed by atoms with Gasteiger partial charge in [0.1, 0.15) is 5.60 Å². The van der Waals surface area contributed by atoms with Gasteiger partial charge in [-0.15, -0.1) is 0 Å². The predicted molar refractivity (Wildman–Crippen MR) is 73.5 cm³/mol. The summed E-state index contributed by atoms with van der Waals surface area (Å²) in [6, 6.07) is 10.6. The van der Waals surface area contributed by atoms with Crippen molar-refractivity contribution in [1.82, 2.24) is 5.32 Å². The predicted octanol–water partition coefficient (Wildman–Crippen LogP) is 3.08. The Morgan fingerprint density at radius 2 is 1.78 bits per heavy atom. The second-order valence-electron chi connectivity index (χ2n) is 6.20. The average molecular weight is 245 g/mol. The molecule has 2 aliphatic rings. The van der Waals surface area contributed by atoms with E-state index in [1.54, 1.807) is 0 Å². The lowest BCUT2D eigenvalue weighted by Crippen LogP contribution is -2.36. The minimum atomic E-state index is -0.173. The van der Waals surface area contributed by atoms with Crippen LogP contribution in [-0.4, -0.2) is 19.7 Å². The lowest BCUT2D eigenvalue weighted by molar-refractivity contribution is -0.0548. The first-order chi connectivity index (χ1) is 8.73. The van der Waals surface area contributed by atoms with Gasteiger partial charge in [-0.05, 0) is 25.3 Å². The zero-order valence-electron chi connectivity index (χ0n) is 11.2. The zero-order chi connectivity index (χ0) is 12.5. The molecule has 0 aromatic heterocycles.